The van der Waals surface area contributed by atoms with Gasteiger partial charge in [-0.1, -0.05) is 17.7 Å². The van der Waals surface area contributed by atoms with E-state index < -0.39 is 0 Å². The normalized spacial score (nSPS) is 11.1. The number of rotatable bonds is 4. The van der Waals surface area contributed by atoms with Crippen LogP contribution in [0.2, 0.25) is 0 Å². The van der Waals surface area contributed by atoms with E-state index in [0.29, 0.717) is 0 Å². The summed E-state index contributed by atoms with van der Waals surface area (Å²) in [6, 6.07) is 7.84. The van der Waals surface area contributed by atoms with Gasteiger partial charge in [-0.3, -0.25) is 4.79 Å². The highest BCUT2D eigenvalue weighted by atomic mass is 16.5. The van der Waals surface area contributed by atoms with Gasteiger partial charge in [0.1, 0.15) is 12.0 Å². The van der Waals surface area contributed by atoms with Crippen LogP contribution in [-0.2, 0) is 11.2 Å². The minimum Gasteiger partial charge on any atom is -0.497 e. The van der Waals surface area contributed by atoms with E-state index in [4.69, 9.17) is 4.74 Å². The summed E-state index contributed by atoms with van der Waals surface area (Å²) < 4.78 is 5.05. The summed E-state index contributed by atoms with van der Waals surface area (Å²) >= 11 is 0. The standard InChI is InChI=1S/C12H14O2/c1-10(7-8-13)9-11-3-5-12(14-2)6-4-11/h3-8H,9H2,1-2H3/b10-7+. The van der Waals surface area contributed by atoms with Gasteiger partial charge in [-0.05, 0) is 37.1 Å². The number of hydrogen-bond donors (Lipinski definition) is 0. The fourth-order valence-corrected chi connectivity index (χ4v) is 1.24. The van der Waals surface area contributed by atoms with Gasteiger partial charge in [0.05, 0.1) is 7.11 Å². The molecule has 0 saturated carbocycles. The second-order valence-electron chi connectivity index (χ2n) is 3.17. The van der Waals surface area contributed by atoms with E-state index in [9.17, 15) is 4.79 Å². The lowest BCUT2D eigenvalue weighted by Gasteiger charge is -2.02. The summed E-state index contributed by atoms with van der Waals surface area (Å²) in [7, 11) is 1.65. The van der Waals surface area contributed by atoms with Gasteiger partial charge in [0.2, 0.25) is 0 Å². The first-order valence-electron chi connectivity index (χ1n) is 4.50. The Labute approximate surface area is 84.2 Å². The van der Waals surface area contributed by atoms with Crippen molar-refractivity contribution in [2.24, 2.45) is 0 Å². The molecule has 1 aromatic carbocycles. The molecule has 0 aliphatic carbocycles. The molecule has 0 fully saturated rings. The zero-order valence-corrected chi connectivity index (χ0v) is 8.49. The van der Waals surface area contributed by atoms with Crippen molar-refractivity contribution in [1.29, 1.82) is 0 Å². The highest BCUT2D eigenvalue weighted by molar-refractivity contribution is 5.66. The summed E-state index contributed by atoms with van der Waals surface area (Å²) in [5.41, 5.74) is 2.24. The molecule has 0 aliphatic heterocycles. The van der Waals surface area contributed by atoms with E-state index in [0.717, 1.165) is 24.0 Å². The molecule has 14 heavy (non-hydrogen) atoms. The molecule has 0 aromatic heterocycles. The van der Waals surface area contributed by atoms with E-state index in [1.165, 1.54) is 5.56 Å². The van der Waals surface area contributed by atoms with Crippen molar-refractivity contribution in [2.75, 3.05) is 7.11 Å². The first-order chi connectivity index (χ1) is 6.76. The van der Waals surface area contributed by atoms with Crippen LogP contribution in [0.15, 0.2) is 35.9 Å². The average Bonchev–Trinajstić information content (AvgIpc) is 2.19. The molecule has 1 rings (SSSR count). The molecule has 0 heterocycles. The van der Waals surface area contributed by atoms with Crippen LogP contribution < -0.4 is 4.74 Å². The predicted molar refractivity (Wildman–Crippen MR) is 56.5 cm³/mol. The van der Waals surface area contributed by atoms with Crippen LogP contribution >= 0.6 is 0 Å². The highest BCUT2D eigenvalue weighted by Crippen LogP contribution is 2.13. The van der Waals surface area contributed by atoms with Crippen molar-refractivity contribution in [1.82, 2.24) is 0 Å². The van der Waals surface area contributed by atoms with Crippen molar-refractivity contribution < 1.29 is 9.53 Å². The van der Waals surface area contributed by atoms with Gasteiger partial charge in [-0.2, -0.15) is 0 Å². The Bertz CT molecular complexity index is 323. The minimum absolute atomic E-state index is 0.808. The Morgan fingerprint density at radius 1 is 1.36 bits per heavy atom. The van der Waals surface area contributed by atoms with Gasteiger partial charge in [0.15, 0.2) is 0 Å². The van der Waals surface area contributed by atoms with E-state index >= 15 is 0 Å². The first-order valence-corrected chi connectivity index (χ1v) is 4.50. The molecule has 0 amide bonds. The Kier molecular flexibility index (Phi) is 3.92. The number of aldehydes is 1. The molecule has 2 heteroatoms. The molecule has 0 saturated heterocycles. The van der Waals surface area contributed by atoms with Crippen LogP contribution in [0.4, 0.5) is 0 Å². The zero-order chi connectivity index (χ0) is 10.4. The Morgan fingerprint density at radius 3 is 2.50 bits per heavy atom. The van der Waals surface area contributed by atoms with E-state index in [-0.39, 0.29) is 0 Å². The average molecular weight is 190 g/mol. The molecule has 0 atom stereocenters. The van der Waals surface area contributed by atoms with Crippen molar-refractivity contribution in [3.63, 3.8) is 0 Å². The Hall–Kier alpha value is -1.57. The maximum atomic E-state index is 10.2. The Balaban J connectivity index is 2.68. The first kappa shape index (κ1) is 10.5. The smallest absolute Gasteiger partial charge is 0.142 e. The summed E-state index contributed by atoms with van der Waals surface area (Å²) in [6.07, 6.45) is 3.21. The van der Waals surface area contributed by atoms with Crippen LogP contribution in [0.3, 0.4) is 0 Å². The van der Waals surface area contributed by atoms with Crippen molar-refractivity contribution >= 4 is 6.29 Å². The van der Waals surface area contributed by atoms with Crippen LogP contribution in [0.1, 0.15) is 12.5 Å². The lowest BCUT2D eigenvalue weighted by Crippen LogP contribution is -1.88. The van der Waals surface area contributed by atoms with Crippen molar-refractivity contribution in [3.05, 3.63) is 41.5 Å². The number of benzene rings is 1. The van der Waals surface area contributed by atoms with E-state index in [1.54, 1.807) is 13.2 Å². The zero-order valence-electron chi connectivity index (χ0n) is 8.49. The second-order valence-corrected chi connectivity index (χ2v) is 3.17. The number of ether oxygens (including phenoxy) is 1. The van der Waals surface area contributed by atoms with Gasteiger partial charge in [0, 0.05) is 0 Å². The SMILES string of the molecule is COc1ccc(C/C(C)=C/C=O)cc1. The van der Waals surface area contributed by atoms with Gasteiger partial charge in [-0.25, -0.2) is 0 Å². The van der Waals surface area contributed by atoms with Gasteiger partial charge >= 0.3 is 0 Å². The molecule has 0 aliphatic rings. The maximum absolute atomic E-state index is 10.2. The summed E-state index contributed by atoms with van der Waals surface area (Å²) in [5.74, 6) is 0.853. The third kappa shape index (κ3) is 3.05. The topological polar surface area (TPSA) is 26.3 Å². The van der Waals surface area contributed by atoms with Crippen molar-refractivity contribution in [2.45, 2.75) is 13.3 Å². The highest BCUT2D eigenvalue weighted by Gasteiger charge is 1.95. The van der Waals surface area contributed by atoms with E-state index in [1.807, 2.05) is 31.2 Å². The summed E-state index contributed by atoms with van der Waals surface area (Å²) in [5, 5.41) is 0. The van der Waals surface area contributed by atoms with E-state index in [2.05, 4.69) is 0 Å². The second kappa shape index (κ2) is 5.22. The quantitative estimate of drug-likeness (QED) is 0.538. The molecule has 2 nitrogen and oxygen atoms in total. The number of carbonyl (C=O) groups is 1. The lowest BCUT2D eigenvalue weighted by atomic mass is 10.1. The monoisotopic (exact) mass is 190 g/mol. The van der Waals surface area contributed by atoms with Crippen LogP contribution in [0.5, 0.6) is 5.75 Å². The summed E-state index contributed by atoms with van der Waals surface area (Å²) in [6.45, 7) is 1.94. The number of carbonyl (C=O) groups excluding carboxylic acids is 1. The molecular weight excluding hydrogens is 176 g/mol. The third-order valence-electron chi connectivity index (χ3n) is 1.99. The van der Waals surface area contributed by atoms with Crippen LogP contribution in [0.25, 0.3) is 0 Å². The minimum atomic E-state index is 0.808. The largest absolute Gasteiger partial charge is 0.497 e. The Morgan fingerprint density at radius 2 is 2.00 bits per heavy atom. The molecule has 0 unspecified atom stereocenters. The van der Waals surface area contributed by atoms with Crippen LogP contribution in [-0.4, -0.2) is 13.4 Å². The molecule has 0 N–H and O–H groups in total. The molecular formula is C12H14O2. The van der Waals surface area contributed by atoms with Gasteiger partial charge < -0.3 is 4.74 Å². The van der Waals surface area contributed by atoms with Crippen LogP contribution in [0, 0.1) is 0 Å². The molecule has 74 valence electrons. The molecule has 1 aromatic rings. The predicted octanol–water partition coefficient (Wildman–Crippen LogP) is 2.38. The molecule has 0 radical (unpaired) electrons. The number of hydrogen-bond acceptors (Lipinski definition) is 2. The van der Waals surface area contributed by atoms with Gasteiger partial charge in [0.25, 0.3) is 0 Å². The number of methoxy groups -OCH3 is 1. The van der Waals surface area contributed by atoms with Crippen molar-refractivity contribution in [3.8, 4) is 5.75 Å². The molecule has 0 spiro atoms. The third-order valence-corrected chi connectivity index (χ3v) is 1.99. The summed E-state index contributed by atoms with van der Waals surface area (Å²) in [4.78, 5) is 10.2. The number of allylic oxidation sites excluding steroid dienone is 2. The fourth-order valence-electron chi connectivity index (χ4n) is 1.24. The lowest BCUT2D eigenvalue weighted by molar-refractivity contribution is -0.104. The molecule has 0 bridgehead atoms. The maximum Gasteiger partial charge on any atom is 0.142 e. The fraction of sp³-hybridized carbons (Fsp3) is 0.250. The van der Waals surface area contributed by atoms with Gasteiger partial charge in [-0.15, -0.1) is 0 Å².